The van der Waals surface area contributed by atoms with E-state index in [-0.39, 0.29) is 31.3 Å². The van der Waals surface area contributed by atoms with Gasteiger partial charge in [0.1, 0.15) is 6.10 Å². The van der Waals surface area contributed by atoms with Crippen LogP contribution in [0.25, 0.3) is 0 Å². The second kappa shape index (κ2) is 47.4. The van der Waals surface area contributed by atoms with E-state index in [2.05, 4.69) is 92.9 Å². The molecule has 0 saturated carbocycles. The molecular formula is C54H95NO5. The van der Waals surface area contributed by atoms with Gasteiger partial charge in [0.2, 0.25) is 5.91 Å². The van der Waals surface area contributed by atoms with Crippen molar-refractivity contribution in [3.05, 3.63) is 72.9 Å². The fraction of sp³-hybridized carbons (Fsp3) is 0.741. The maximum atomic E-state index is 13.2. The quantitative estimate of drug-likeness (QED) is 0.0323. The van der Waals surface area contributed by atoms with E-state index in [9.17, 15) is 19.8 Å². The van der Waals surface area contributed by atoms with Gasteiger partial charge < -0.3 is 20.3 Å². The van der Waals surface area contributed by atoms with Crippen LogP contribution < -0.4 is 5.32 Å². The van der Waals surface area contributed by atoms with Gasteiger partial charge in [-0.3, -0.25) is 9.59 Å². The lowest BCUT2D eigenvalue weighted by atomic mass is 10.0. The number of ether oxygens (including phenoxy) is 1. The zero-order valence-electron chi connectivity index (χ0n) is 39.3. The summed E-state index contributed by atoms with van der Waals surface area (Å²) in [7, 11) is 0. The first-order chi connectivity index (χ1) is 29.5. The van der Waals surface area contributed by atoms with Crippen molar-refractivity contribution in [3.63, 3.8) is 0 Å². The number of hydrogen-bond acceptors (Lipinski definition) is 5. The molecule has 0 aliphatic rings. The van der Waals surface area contributed by atoms with Crippen LogP contribution in [0.1, 0.15) is 233 Å². The van der Waals surface area contributed by atoms with Crippen molar-refractivity contribution in [2.75, 3.05) is 6.61 Å². The Kier molecular flexibility index (Phi) is 45.2. The predicted octanol–water partition coefficient (Wildman–Crippen LogP) is 15.0. The van der Waals surface area contributed by atoms with Gasteiger partial charge >= 0.3 is 5.97 Å². The van der Waals surface area contributed by atoms with Crippen LogP contribution in [-0.4, -0.2) is 46.9 Å². The highest BCUT2D eigenvalue weighted by molar-refractivity contribution is 5.77. The minimum Gasteiger partial charge on any atom is -0.462 e. The molecule has 0 rings (SSSR count). The van der Waals surface area contributed by atoms with Crippen molar-refractivity contribution in [2.45, 2.75) is 251 Å². The Labute approximate surface area is 371 Å². The second-order valence-electron chi connectivity index (χ2n) is 16.8. The van der Waals surface area contributed by atoms with Crippen LogP contribution in [0, 0.1) is 0 Å². The van der Waals surface area contributed by atoms with E-state index in [0.717, 1.165) is 77.0 Å². The van der Waals surface area contributed by atoms with E-state index in [0.29, 0.717) is 19.3 Å². The Hall–Kier alpha value is -2.70. The number of aliphatic hydroxyl groups excluding tert-OH is 2. The van der Waals surface area contributed by atoms with Gasteiger partial charge in [-0.05, 0) is 64.2 Å². The second-order valence-corrected chi connectivity index (χ2v) is 16.8. The van der Waals surface area contributed by atoms with Crippen LogP contribution in [0.3, 0.4) is 0 Å². The molecule has 60 heavy (non-hydrogen) atoms. The van der Waals surface area contributed by atoms with Gasteiger partial charge in [-0.1, -0.05) is 229 Å². The molecule has 0 aromatic carbocycles. The molecule has 0 fully saturated rings. The Morgan fingerprint density at radius 1 is 0.500 bits per heavy atom. The summed E-state index contributed by atoms with van der Waals surface area (Å²) in [4.78, 5) is 26.1. The SMILES string of the molecule is CC/C=C\C/C=C\C/C=C\C/C=C\C/C=C\C/C=C\CCC(=O)OC(CCCCCCCCCCCCCCC)CC(=O)NC(CO)C(O)CCCCCCCCCCC. The number of nitrogens with one attached hydrogen (secondary N) is 1. The summed E-state index contributed by atoms with van der Waals surface area (Å²) < 4.78 is 5.88. The zero-order chi connectivity index (χ0) is 43.8. The lowest BCUT2D eigenvalue weighted by Gasteiger charge is -2.24. The molecule has 3 atom stereocenters. The summed E-state index contributed by atoms with van der Waals surface area (Å²) in [5.41, 5.74) is 0. The number of allylic oxidation sites excluding steroid dienone is 12. The molecule has 6 nitrogen and oxygen atoms in total. The van der Waals surface area contributed by atoms with E-state index in [1.54, 1.807) is 0 Å². The molecule has 0 spiro atoms. The Morgan fingerprint density at radius 2 is 0.867 bits per heavy atom. The molecule has 0 heterocycles. The highest BCUT2D eigenvalue weighted by atomic mass is 16.5. The van der Waals surface area contributed by atoms with E-state index in [1.165, 1.54) is 103 Å². The Morgan fingerprint density at radius 3 is 1.27 bits per heavy atom. The van der Waals surface area contributed by atoms with Gasteiger partial charge in [-0.25, -0.2) is 0 Å². The van der Waals surface area contributed by atoms with E-state index in [4.69, 9.17) is 4.74 Å². The topological polar surface area (TPSA) is 95.9 Å². The van der Waals surface area contributed by atoms with Crippen LogP contribution in [0.15, 0.2) is 72.9 Å². The van der Waals surface area contributed by atoms with Crippen LogP contribution >= 0.6 is 0 Å². The summed E-state index contributed by atoms with van der Waals surface area (Å²) in [6.07, 6.45) is 59.7. The van der Waals surface area contributed by atoms with E-state index in [1.807, 2.05) is 6.08 Å². The third-order valence-electron chi connectivity index (χ3n) is 11.1. The summed E-state index contributed by atoms with van der Waals surface area (Å²) >= 11 is 0. The van der Waals surface area contributed by atoms with Gasteiger partial charge in [-0.15, -0.1) is 0 Å². The number of esters is 1. The molecule has 346 valence electrons. The molecule has 1 amide bonds. The van der Waals surface area contributed by atoms with Crippen molar-refractivity contribution >= 4 is 11.9 Å². The van der Waals surface area contributed by atoms with Crippen LogP contribution in [0.5, 0.6) is 0 Å². The highest BCUT2D eigenvalue weighted by Crippen LogP contribution is 2.17. The van der Waals surface area contributed by atoms with Crippen molar-refractivity contribution < 1.29 is 24.5 Å². The average Bonchev–Trinajstić information content (AvgIpc) is 3.24. The summed E-state index contributed by atoms with van der Waals surface area (Å²) in [5.74, 6) is -0.573. The smallest absolute Gasteiger partial charge is 0.306 e. The Bertz CT molecular complexity index is 1120. The first-order valence-electron chi connectivity index (χ1n) is 25.2. The number of carbonyl (C=O) groups is 2. The molecule has 0 aliphatic carbocycles. The van der Waals surface area contributed by atoms with Crippen molar-refractivity contribution in [1.82, 2.24) is 5.32 Å². The molecule has 6 heteroatoms. The molecule has 0 aromatic rings. The molecule has 3 N–H and O–H groups in total. The van der Waals surface area contributed by atoms with Crippen molar-refractivity contribution in [1.29, 1.82) is 0 Å². The average molecular weight is 838 g/mol. The van der Waals surface area contributed by atoms with Gasteiger partial charge in [0, 0.05) is 6.42 Å². The lowest BCUT2D eigenvalue weighted by molar-refractivity contribution is -0.150. The number of hydrogen-bond donors (Lipinski definition) is 3. The fourth-order valence-corrected chi connectivity index (χ4v) is 7.28. The first kappa shape index (κ1) is 57.3. The third kappa shape index (κ3) is 42.0. The van der Waals surface area contributed by atoms with Crippen LogP contribution in [0.2, 0.25) is 0 Å². The largest absolute Gasteiger partial charge is 0.462 e. The zero-order valence-corrected chi connectivity index (χ0v) is 39.3. The predicted molar refractivity (Wildman–Crippen MR) is 259 cm³/mol. The monoisotopic (exact) mass is 838 g/mol. The van der Waals surface area contributed by atoms with Crippen molar-refractivity contribution in [2.24, 2.45) is 0 Å². The van der Waals surface area contributed by atoms with Crippen molar-refractivity contribution in [3.8, 4) is 0 Å². The molecule has 0 aromatic heterocycles. The Balaban J connectivity index is 4.68. The van der Waals surface area contributed by atoms with Crippen LogP contribution in [-0.2, 0) is 14.3 Å². The third-order valence-corrected chi connectivity index (χ3v) is 11.1. The number of aliphatic hydroxyl groups is 2. The molecule has 3 unspecified atom stereocenters. The number of amides is 1. The van der Waals surface area contributed by atoms with E-state index >= 15 is 0 Å². The minimum absolute atomic E-state index is 0.0468. The summed E-state index contributed by atoms with van der Waals surface area (Å²) in [6.45, 7) is 6.33. The molecular weight excluding hydrogens is 743 g/mol. The summed E-state index contributed by atoms with van der Waals surface area (Å²) in [6, 6.07) is -0.715. The molecule has 0 aliphatic heterocycles. The van der Waals surface area contributed by atoms with Gasteiger partial charge in [-0.2, -0.15) is 0 Å². The number of carbonyl (C=O) groups excluding carboxylic acids is 2. The highest BCUT2D eigenvalue weighted by Gasteiger charge is 2.24. The minimum atomic E-state index is -0.799. The lowest BCUT2D eigenvalue weighted by Crippen LogP contribution is -2.46. The maximum Gasteiger partial charge on any atom is 0.306 e. The number of unbranched alkanes of at least 4 members (excludes halogenated alkanes) is 20. The van der Waals surface area contributed by atoms with Gasteiger partial charge in [0.15, 0.2) is 0 Å². The van der Waals surface area contributed by atoms with Gasteiger partial charge in [0.25, 0.3) is 0 Å². The molecule has 0 bridgehead atoms. The fourth-order valence-electron chi connectivity index (χ4n) is 7.28. The van der Waals surface area contributed by atoms with Crippen LogP contribution in [0.4, 0.5) is 0 Å². The van der Waals surface area contributed by atoms with Gasteiger partial charge in [0.05, 0.1) is 25.2 Å². The summed E-state index contributed by atoms with van der Waals surface area (Å²) in [5, 5.41) is 23.6. The number of rotatable bonds is 44. The molecule has 0 radical (unpaired) electrons. The first-order valence-corrected chi connectivity index (χ1v) is 25.2. The standard InChI is InChI=1S/C54H95NO5/c1-4-7-10-13-16-19-21-23-24-25-26-27-28-30-32-35-38-41-44-47-54(59)60-50(45-42-39-36-34-31-29-22-20-17-14-11-8-5-2)48-53(58)55-51(49-56)52(57)46-43-40-37-33-18-15-12-9-6-3/h7,10,16,19,23-24,26-27,30,32,38,41,50-52,56-57H,4-6,8-9,11-15,17-18,20-22,25,28-29,31,33-37,39-40,42-49H2,1-3H3,(H,55,58)/b10-7-,19-16-,24-23-,27-26-,32-30-,41-38-. The van der Waals surface area contributed by atoms with E-state index < -0.39 is 18.2 Å². The normalized spacial score (nSPS) is 13.9. The maximum absolute atomic E-state index is 13.2. The molecule has 0 saturated heterocycles.